The van der Waals surface area contributed by atoms with Crippen LogP contribution in [0.25, 0.3) is 0 Å². The second kappa shape index (κ2) is 6.76. The van der Waals surface area contributed by atoms with Crippen molar-refractivity contribution >= 4 is 28.9 Å². The molecule has 0 aliphatic carbocycles. The Balaban J connectivity index is 2.38. The zero-order valence-electron chi connectivity index (χ0n) is 12.3. The maximum atomic E-state index is 12.1. The molecule has 2 N–H and O–H groups in total. The smallest absolute Gasteiger partial charge is 0.328 e. The maximum Gasteiger partial charge on any atom is 0.328 e. The van der Waals surface area contributed by atoms with Crippen molar-refractivity contribution in [2.45, 2.75) is 25.8 Å². The van der Waals surface area contributed by atoms with Crippen LogP contribution in [0.3, 0.4) is 0 Å². The molecule has 1 unspecified atom stereocenters. The SMILES string of the molecule is CCOC(=O)C1CCCN1c1cc(OC)ccc1C(N)=S. The number of anilines is 1. The van der Waals surface area contributed by atoms with Crippen LogP contribution in [0, 0.1) is 0 Å². The molecule has 1 aliphatic heterocycles. The molecule has 0 aromatic heterocycles. The Morgan fingerprint density at radius 1 is 1.52 bits per heavy atom. The Bertz CT molecular complexity index is 548. The first-order valence-electron chi connectivity index (χ1n) is 6.99. The van der Waals surface area contributed by atoms with Crippen molar-refractivity contribution in [3.05, 3.63) is 23.8 Å². The third-order valence-electron chi connectivity index (χ3n) is 3.59. The average molecular weight is 308 g/mol. The third kappa shape index (κ3) is 3.26. The van der Waals surface area contributed by atoms with Crippen LogP contribution in [-0.4, -0.2) is 37.3 Å². The van der Waals surface area contributed by atoms with Gasteiger partial charge in [-0.05, 0) is 31.9 Å². The van der Waals surface area contributed by atoms with E-state index in [-0.39, 0.29) is 12.0 Å². The molecule has 1 aliphatic rings. The van der Waals surface area contributed by atoms with Gasteiger partial charge in [-0.2, -0.15) is 0 Å². The minimum atomic E-state index is -0.287. The molecular formula is C15H20N2O3S. The number of thiocarbonyl (C=S) groups is 1. The highest BCUT2D eigenvalue weighted by atomic mass is 32.1. The van der Waals surface area contributed by atoms with Crippen molar-refractivity contribution in [2.75, 3.05) is 25.2 Å². The van der Waals surface area contributed by atoms with E-state index in [2.05, 4.69) is 0 Å². The Hall–Kier alpha value is -1.82. The molecule has 0 amide bonds. The van der Waals surface area contributed by atoms with Crippen LogP contribution in [0.15, 0.2) is 18.2 Å². The summed E-state index contributed by atoms with van der Waals surface area (Å²) in [6.07, 6.45) is 1.70. The Morgan fingerprint density at radius 3 is 2.90 bits per heavy atom. The summed E-state index contributed by atoms with van der Waals surface area (Å²) in [5.41, 5.74) is 7.38. The van der Waals surface area contributed by atoms with Gasteiger partial charge in [-0.25, -0.2) is 4.79 Å². The second-order valence-corrected chi connectivity index (χ2v) is 5.29. The first kappa shape index (κ1) is 15.6. The predicted octanol–water partition coefficient (Wildman–Crippen LogP) is 1.86. The van der Waals surface area contributed by atoms with Gasteiger partial charge < -0.3 is 20.1 Å². The van der Waals surface area contributed by atoms with Crippen molar-refractivity contribution in [1.29, 1.82) is 0 Å². The van der Waals surface area contributed by atoms with E-state index in [9.17, 15) is 4.79 Å². The van der Waals surface area contributed by atoms with E-state index >= 15 is 0 Å². The normalized spacial score (nSPS) is 17.6. The van der Waals surface area contributed by atoms with Gasteiger partial charge >= 0.3 is 5.97 Å². The summed E-state index contributed by atoms with van der Waals surface area (Å²) < 4.78 is 10.4. The number of nitrogens with zero attached hydrogens (tertiary/aromatic N) is 1. The fourth-order valence-corrected chi connectivity index (χ4v) is 2.80. The molecule has 1 heterocycles. The molecule has 114 valence electrons. The minimum Gasteiger partial charge on any atom is -0.497 e. The molecule has 5 nitrogen and oxygen atoms in total. The number of esters is 1. The molecule has 2 rings (SSSR count). The zero-order chi connectivity index (χ0) is 15.4. The highest BCUT2D eigenvalue weighted by molar-refractivity contribution is 7.80. The van der Waals surface area contributed by atoms with Crippen LogP contribution in [0.1, 0.15) is 25.3 Å². The quantitative estimate of drug-likeness (QED) is 0.662. The van der Waals surface area contributed by atoms with Gasteiger partial charge in [0.25, 0.3) is 0 Å². The highest BCUT2D eigenvalue weighted by Crippen LogP contribution is 2.32. The largest absolute Gasteiger partial charge is 0.497 e. The van der Waals surface area contributed by atoms with E-state index in [1.807, 2.05) is 30.0 Å². The monoisotopic (exact) mass is 308 g/mol. The fraction of sp³-hybridized carbons (Fsp3) is 0.467. The minimum absolute atomic E-state index is 0.202. The van der Waals surface area contributed by atoms with E-state index in [0.717, 1.165) is 30.6 Å². The second-order valence-electron chi connectivity index (χ2n) is 4.85. The molecular weight excluding hydrogens is 288 g/mol. The molecule has 0 spiro atoms. The van der Waals surface area contributed by atoms with E-state index in [1.165, 1.54) is 0 Å². The lowest BCUT2D eigenvalue weighted by molar-refractivity contribution is -0.144. The zero-order valence-corrected chi connectivity index (χ0v) is 13.1. The number of benzene rings is 1. The van der Waals surface area contributed by atoms with Crippen molar-refractivity contribution < 1.29 is 14.3 Å². The first-order valence-corrected chi connectivity index (χ1v) is 7.40. The highest BCUT2D eigenvalue weighted by Gasteiger charge is 2.33. The topological polar surface area (TPSA) is 64.8 Å². The van der Waals surface area contributed by atoms with Gasteiger partial charge in [0.2, 0.25) is 0 Å². The van der Waals surface area contributed by atoms with Crippen LogP contribution < -0.4 is 15.4 Å². The molecule has 0 saturated carbocycles. The van der Waals surface area contributed by atoms with Crippen LogP contribution in [0.4, 0.5) is 5.69 Å². The van der Waals surface area contributed by atoms with Crippen molar-refractivity contribution in [3.8, 4) is 5.75 Å². The molecule has 1 fully saturated rings. The molecule has 21 heavy (non-hydrogen) atoms. The number of rotatable bonds is 5. The summed E-state index contributed by atoms with van der Waals surface area (Å²) >= 11 is 5.11. The average Bonchev–Trinajstić information content (AvgIpc) is 2.96. The molecule has 1 saturated heterocycles. The first-order chi connectivity index (χ1) is 10.1. The van der Waals surface area contributed by atoms with Gasteiger partial charge in [0, 0.05) is 18.2 Å². The van der Waals surface area contributed by atoms with Gasteiger partial charge in [0.1, 0.15) is 16.8 Å². The number of nitrogens with two attached hydrogens (primary N) is 1. The van der Waals surface area contributed by atoms with Crippen LogP contribution in [-0.2, 0) is 9.53 Å². The number of methoxy groups -OCH3 is 1. The number of carbonyl (C=O) groups excluding carboxylic acids is 1. The summed E-state index contributed by atoms with van der Waals surface area (Å²) in [6, 6.07) is 5.22. The summed E-state index contributed by atoms with van der Waals surface area (Å²) in [5.74, 6) is 0.506. The maximum absolute atomic E-state index is 12.1. The van der Waals surface area contributed by atoms with Crippen LogP contribution in [0.2, 0.25) is 0 Å². The fourth-order valence-electron chi connectivity index (χ4n) is 2.62. The van der Waals surface area contributed by atoms with Crippen LogP contribution in [0.5, 0.6) is 5.75 Å². The summed E-state index contributed by atoms with van der Waals surface area (Å²) in [6.45, 7) is 2.96. The number of ether oxygens (including phenoxy) is 2. The molecule has 0 radical (unpaired) electrons. The lowest BCUT2D eigenvalue weighted by atomic mass is 10.1. The van der Waals surface area contributed by atoms with E-state index in [4.69, 9.17) is 27.4 Å². The van der Waals surface area contributed by atoms with Gasteiger partial charge in [-0.1, -0.05) is 12.2 Å². The van der Waals surface area contributed by atoms with Gasteiger partial charge in [-0.15, -0.1) is 0 Å². The van der Waals surface area contributed by atoms with Crippen molar-refractivity contribution in [2.24, 2.45) is 5.73 Å². The summed E-state index contributed by atoms with van der Waals surface area (Å²) in [7, 11) is 1.60. The number of hydrogen-bond donors (Lipinski definition) is 1. The number of carbonyl (C=O) groups is 1. The van der Waals surface area contributed by atoms with Crippen molar-refractivity contribution in [3.63, 3.8) is 0 Å². The molecule has 0 bridgehead atoms. The van der Waals surface area contributed by atoms with E-state index in [0.29, 0.717) is 17.3 Å². The molecule has 6 heteroatoms. The summed E-state index contributed by atoms with van der Waals surface area (Å²) in [5, 5.41) is 0. The van der Waals surface area contributed by atoms with E-state index in [1.54, 1.807) is 7.11 Å². The third-order valence-corrected chi connectivity index (χ3v) is 3.81. The molecule has 1 aromatic carbocycles. The molecule has 1 aromatic rings. The number of hydrogen-bond acceptors (Lipinski definition) is 5. The van der Waals surface area contributed by atoms with Crippen molar-refractivity contribution in [1.82, 2.24) is 0 Å². The lowest BCUT2D eigenvalue weighted by Crippen LogP contribution is -2.38. The summed E-state index contributed by atoms with van der Waals surface area (Å²) in [4.78, 5) is 14.4. The lowest BCUT2D eigenvalue weighted by Gasteiger charge is -2.27. The van der Waals surface area contributed by atoms with E-state index < -0.39 is 0 Å². The molecule has 1 atom stereocenters. The van der Waals surface area contributed by atoms with Gasteiger partial charge in [-0.3, -0.25) is 0 Å². The van der Waals surface area contributed by atoms with Gasteiger partial charge in [0.05, 0.1) is 19.4 Å². The predicted molar refractivity (Wildman–Crippen MR) is 85.9 cm³/mol. The Morgan fingerprint density at radius 2 is 2.29 bits per heavy atom. The standard InChI is InChI=1S/C15H20N2O3S/c1-3-20-15(18)12-5-4-8-17(12)13-9-10(19-2)6-7-11(13)14(16)21/h6-7,9,12H,3-5,8H2,1-2H3,(H2,16,21). The Labute approximate surface area is 130 Å². The van der Waals surface area contributed by atoms with Gasteiger partial charge in [0.15, 0.2) is 0 Å². The van der Waals surface area contributed by atoms with Crippen LogP contribution >= 0.6 is 12.2 Å². The Kier molecular flexibility index (Phi) is 5.01.